The van der Waals surface area contributed by atoms with E-state index in [2.05, 4.69) is 40.8 Å². The van der Waals surface area contributed by atoms with Crippen molar-refractivity contribution in [3.05, 3.63) is 71.6 Å². The van der Waals surface area contributed by atoms with Crippen molar-refractivity contribution in [2.45, 2.75) is 32.4 Å². The molecule has 4 heterocycles. The van der Waals surface area contributed by atoms with E-state index in [9.17, 15) is 4.79 Å². The third-order valence-electron chi connectivity index (χ3n) is 4.98. The molecule has 1 atom stereocenters. The van der Waals surface area contributed by atoms with Gasteiger partial charge in [-0.3, -0.25) is 14.5 Å². The van der Waals surface area contributed by atoms with Crippen LogP contribution in [0.1, 0.15) is 53.4 Å². The average Bonchev–Trinajstić information content (AvgIpc) is 3.27. The van der Waals surface area contributed by atoms with Gasteiger partial charge in [0.1, 0.15) is 11.7 Å². The SMILES string of the molecule is CC(C)c1cc(C(=O)N2CCn3cccc3[C@@H]2c2ccccn2)n(C)n1. The van der Waals surface area contributed by atoms with Gasteiger partial charge in [-0.2, -0.15) is 5.10 Å². The Morgan fingerprint density at radius 3 is 2.73 bits per heavy atom. The van der Waals surface area contributed by atoms with Gasteiger partial charge in [-0.15, -0.1) is 0 Å². The first-order valence-corrected chi connectivity index (χ1v) is 8.97. The van der Waals surface area contributed by atoms with E-state index in [1.54, 1.807) is 10.9 Å². The Balaban J connectivity index is 1.76. The van der Waals surface area contributed by atoms with Crippen LogP contribution in [0.25, 0.3) is 0 Å². The average molecular weight is 349 g/mol. The lowest BCUT2D eigenvalue weighted by molar-refractivity contribution is 0.0649. The lowest BCUT2D eigenvalue weighted by atomic mass is 10.0. The minimum Gasteiger partial charge on any atom is -0.347 e. The van der Waals surface area contributed by atoms with Crippen LogP contribution < -0.4 is 0 Å². The Hall–Kier alpha value is -2.89. The van der Waals surface area contributed by atoms with Gasteiger partial charge in [0.15, 0.2) is 0 Å². The normalized spacial score (nSPS) is 16.8. The van der Waals surface area contributed by atoms with Crippen molar-refractivity contribution < 1.29 is 4.79 Å². The Bertz CT molecular complexity index is 925. The summed E-state index contributed by atoms with van der Waals surface area (Å²) in [7, 11) is 1.83. The molecule has 0 fully saturated rings. The summed E-state index contributed by atoms with van der Waals surface area (Å²) in [6, 6.07) is 11.7. The minimum atomic E-state index is -0.190. The zero-order valence-electron chi connectivity index (χ0n) is 15.3. The molecule has 4 rings (SSSR count). The van der Waals surface area contributed by atoms with E-state index in [0.717, 1.165) is 23.6 Å². The van der Waals surface area contributed by atoms with Gasteiger partial charge in [0.25, 0.3) is 5.91 Å². The molecule has 3 aromatic heterocycles. The predicted octanol–water partition coefficient (Wildman–Crippen LogP) is 2.99. The quantitative estimate of drug-likeness (QED) is 0.730. The molecule has 0 N–H and O–H groups in total. The minimum absolute atomic E-state index is 0.00463. The molecule has 0 saturated heterocycles. The third kappa shape index (κ3) is 2.71. The van der Waals surface area contributed by atoms with Crippen LogP contribution in [0, 0.1) is 0 Å². The molecule has 26 heavy (non-hydrogen) atoms. The second-order valence-electron chi connectivity index (χ2n) is 7.01. The van der Waals surface area contributed by atoms with E-state index in [1.165, 1.54) is 0 Å². The summed E-state index contributed by atoms with van der Waals surface area (Å²) >= 11 is 0. The van der Waals surface area contributed by atoms with Crippen LogP contribution in [0.15, 0.2) is 48.8 Å². The number of amides is 1. The number of carbonyl (C=O) groups excluding carboxylic acids is 1. The van der Waals surface area contributed by atoms with E-state index in [-0.39, 0.29) is 17.9 Å². The van der Waals surface area contributed by atoms with Crippen LogP contribution in [-0.2, 0) is 13.6 Å². The van der Waals surface area contributed by atoms with Crippen LogP contribution in [0.2, 0.25) is 0 Å². The molecule has 1 aliphatic rings. The molecule has 6 nitrogen and oxygen atoms in total. The maximum absolute atomic E-state index is 13.4. The van der Waals surface area contributed by atoms with Crippen LogP contribution in [0.4, 0.5) is 0 Å². The van der Waals surface area contributed by atoms with Gasteiger partial charge in [-0.25, -0.2) is 0 Å². The second-order valence-corrected chi connectivity index (χ2v) is 7.01. The maximum atomic E-state index is 13.4. The van der Waals surface area contributed by atoms with Crippen LogP contribution in [0.3, 0.4) is 0 Å². The summed E-state index contributed by atoms with van der Waals surface area (Å²) in [4.78, 5) is 19.8. The topological polar surface area (TPSA) is 56.0 Å². The fraction of sp³-hybridized carbons (Fsp3) is 0.350. The molecule has 0 unspecified atom stereocenters. The van der Waals surface area contributed by atoms with Crippen LogP contribution in [-0.4, -0.2) is 36.7 Å². The highest BCUT2D eigenvalue weighted by Crippen LogP contribution is 2.32. The number of carbonyl (C=O) groups is 1. The van der Waals surface area contributed by atoms with Crippen LogP contribution in [0.5, 0.6) is 0 Å². The molecule has 0 saturated carbocycles. The van der Waals surface area contributed by atoms with E-state index < -0.39 is 0 Å². The number of pyridine rings is 1. The predicted molar refractivity (Wildman–Crippen MR) is 98.8 cm³/mol. The molecular weight excluding hydrogens is 326 g/mol. The van der Waals surface area contributed by atoms with Crippen molar-refractivity contribution in [2.75, 3.05) is 6.54 Å². The molecule has 0 spiro atoms. The molecule has 0 aromatic carbocycles. The van der Waals surface area contributed by atoms with Gasteiger partial charge in [-0.05, 0) is 36.2 Å². The molecule has 1 amide bonds. The molecule has 1 aliphatic heterocycles. The zero-order chi connectivity index (χ0) is 18.3. The Morgan fingerprint density at radius 1 is 1.19 bits per heavy atom. The Morgan fingerprint density at radius 2 is 2.04 bits per heavy atom. The van der Waals surface area contributed by atoms with E-state index in [0.29, 0.717) is 12.2 Å². The van der Waals surface area contributed by atoms with Gasteiger partial charge in [0, 0.05) is 38.2 Å². The summed E-state index contributed by atoms with van der Waals surface area (Å²) in [6.45, 7) is 5.60. The molecule has 3 aromatic rings. The summed E-state index contributed by atoms with van der Waals surface area (Å²) in [5.74, 6) is 0.280. The van der Waals surface area contributed by atoms with Gasteiger partial charge in [-0.1, -0.05) is 19.9 Å². The number of hydrogen-bond donors (Lipinski definition) is 0. The first-order chi connectivity index (χ1) is 12.6. The molecule has 0 aliphatic carbocycles. The van der Waals surface area contributed by atoms with Gasteiger partial charge >= 0.3 is 0 Å². The monoisotopic (exact) mass is 349 g/mol. The van der Waals surface area contributed by atoms with Crippen molar-refractivity contribution in [1.29, 1.82) is 0 Å². The summed E-state index contributed by atoms with van der Waals surface area (Å²) < 4.78 is 3.90. The Kier molecular flexibility index (Phi) is 4.11. The lowest BCUT2D eigenvalue weighted by Crippen LogP contribution is -2.43. The van der Waals surface area contributed by atoms with Gasteiger partial charge in [0.05, 0.1) is 11.4 Å². The highest BCUT2D eigenvalue weighted by atomic mass is 16.2. The van der Waals surface area contributed by atoms with E-state index >= 15 is 0 Å². The highest BCUT2D eigenvalue weighted by molar-refractivity contribution is 5.93. The van der Waals surface area contributed by atoms with Crippen molar-refractivity contribution in [2.24, 2.45) is 7.05 Å². The molecule has 0 radical (unpaired) electrons. The standard InChI is InChI=1S/C20H23N5O/c1-14(2)16-13-18(23(3)22-16)20(26)25-12-11-24-10-6-8-17(24)19(25)15-7-4-5-9-21-15/h4-10,13-14,19H,11-12H2,1-3H3/t19-/m0/s1. The number of fused-ring (bicyclic) bond motifs is 1. The maximum Gasteiger partial charge on any atom is 0.273 e. The van der Waals surface area contributed by atoms with Crippen molar-refractivity contribution in [3.8, 4) is 0 Å². The van der Waals surface area contributed by atoms with Crippen molar-refractivity contribution in [1.82, 2.24) is 24.2 Å². The van der Waals surface area contributed by atoms with Crippen LogP contribution >= 0.6 is 0 Å². The van der Waals surface area contributed by atoms with E-state index in [4.69, 9.17) is 0 Å². The number of nitrogens with zero attached hydrogens (tertiary/aromatic N) is 5. The molecular formula is C20H23N5O. The summed E-state index contributed by atoms with van der Waals surface area (Å²) in [6.07, 6.45) is 3.84. The molecule has 134 valence electrons. The number of aryl methyl sites for hydroxylation is 1. The van der Waals surface area contributed by atoms with Crippen molar-refractivity contribution in [3.63, 3.8) is 0 Å². The fourth-order valence-electron chi connectivity index (χ4n) is 3.57. The van der Waals surface area contributed by atoms with Gasteiger partial charge in [0.2, 0.25) is 0 Å². The number of hydrogen-bond acceptors (Lipinski definition) is 3. The summed E-state index contributed by atoms with van der Waals surface area (Å²) in [5, 5.41) is 4.51. The highest BCUT2D eigenvalue weighted by Gasteiger charge is 2.34. The third-order valence-corrected chi connectivity index (χ3v) is 4.98. The van der Waals surface area contributed by atoms with E-state index in [1.807, 2.05) is 42.3 Å². The molecule has 6 heteroatoms. The second kappa shape index (κ2) is 6.44. The lowest BCUT2D eigenvalue weighted by Gasteiger charge is -2.36. The van der Waals surface area contributed by atoms with Gasteiger partial charge < -0.3 is 9.47 Å². The smallest absolute Gasteiger partial charge is 0.273 e. The Labute approximate surface area is 153 Å². The number of rotatable bonds is 3. The molecule has 0 bridgehead atoms. The fourth-order valence-corrected chi connectivity index (χ4v) is 3.57. The first kappa shape index (κ1) is 16.6. The van der Waals surface area contributed by atoms with Crippen molar-refractivity contribution >= 4 is 5.91 Å². The summed E-state index contributed by atoms with van der Waals surface area (Å²) in [5.41, 5.74) is 3.53. The largest absolute Gasteiger partial charge is 0.347 e. The zero-order valence-corrected chi connectivity index (χ0v) is 15.3. The number of aromatic nitrogens is 4. The first-order valence-electron chi connectivity index (χ1n) is 8.97.